The van der Waals surface area contributed by atoms with Crippen molar-refractivity contribution in [3.63, 3.8) is 0 Å². The van der Waals surface area contributed by atoms with Gasteiger partial charge in [0.15, 0.2) is 0 Å². The van der Waals surface area contributed by atoms with Gasteiger partial charge in [0.25, 0.3) is 0 Å². The molecule has 0 aromatic rings. The lowest BCUT2D eigenvalue weighted by Crippen LogP contribution is -2.55. The summed E-state index contributed by atoms with van der Waals surface area (Å²) in [4.78, 5) is 15.6. The molecule has 1 saturated heterocycles. The molecule has 0 N–H and O–H groups in total. The highest BCUT2D eigenvalue weighted by molar-refractivity contribution is 5.82. The summed E-state index contributed by atoms with van der Waals surface area (Å²) in [5, 5.41) is 0. The predicted molar refractivity (Wildman–Crippen MR) is 48.9 cm³/mol. The zero-order valence-corrected chi connectivity index (χ0v) is 8.37. The summed E-state index contributed by atoms with van der Waals surface area (Å²) >= 11 is 0. The highest BCUT2D eigenvalue weighted by Crippen LogP contribution is 2.17. The SMILES string of the molecule is CC(C)N(C)C(=O)C1CCN1C. The van der Waals surface area contributed by atoms with Gasteiger partial charge in [0.05, 0.1) is 6.04 Å². The van der Waals surface area contributed by atoms with Gasteiger partial charge < -0.3 is 4.90 Å². The summed E-state index contributed by atoms with van der Waals surface area (Å²) in [7, 11) is 3.87. The van der Waals surface area contributed by atoms with Crippen LogP contribution in [0.25, 0.3) is 0 Å². The van der Waals surface area contributed by atoms with E-state index in [0.717, 1.165) is 13.0 Å². The maximum atomic E-state index is 11.7. The molecule has 3 nitrogen and oxygen atoms in total. The van der Waals surface area contributed by atoms with Crippen LogP contribution < -0.4 is 0 Å². The van der Waals surface area contributed by atoms with Gasteiger partial charge in [-0.1, -0.05) is 0 Å². The molecule has 1 unspecified atom stereocenters. The van der Waals surface area contributed by atoms with Crippen molar-refractivity contribution < 1.29 is 4.79 Å². The number of carbonyl (C=O) groups is 1. The van der Waals surface area contributed by atoms with Gasteiger partial charge in [-0.25, -0.2) is 0 Å². The van der Waals surface area contributed by atoms with Gasteiger partial charge in [-0.2, -0.15) is 0 Å². The van der Waals surface area contributed by atoms with Gasteiger partial charge in [-0.3, -0.25) is 9.69 Å². The first-order valence-corrected chi connectivity index (χ1v) is 4.51. The van der Waals surface area contributed by atoms with Gasteiger partial charge in [0.2, 0.25) is 5.91 Å². The Balaban J connectivity index is 2.47. The number of rotatable bonds is 2. The fourth-order valence-corrected chi connectivity index (χ4v) is 1.32. The van der Waals surface area contributed by atoms with Gasteiger partial charge in [0.1, 0.15) is 0 Å². The van der Waals surface area contributed by atoms with Crippen molar-refractivity contribution in [2.75, 3.05) is 20.6 Å². The Morgan fingerprint density at radius 3 is 2.42 bits per heavy atom. The number of hydrogen-bond acceptors (Lipinski definition) is 2. The van der Waals surface area contributed by atoms with Crippen LogP contribution in [-0.4, -0.2) is 48.4 Å². The van der Waals surface area contributed by atoms with E-state index < -0.39 is 0 Å². The van der Waals surface area contributed by atoms with E-state index in [1.165, 1.54) is 0 Å². The third-order valence-corrected chi connectivity index (χ3v) is 2.69. The van der Waals surface area contributed by atoms with Crippen molar-refractivity contribution in [2.24, 2.45) is 0 Å². The maximum Gasteiger partial charge on any atom is 0.239 e. The van der Waals surface area contributed by atoms with Gasteiger partial charge >= 0.3 is 0 Å². The summed E-state index contributed by atoms with van der Waals surface area (Å²) in [6, 6.07) is 0.462. The molecule has 0 radical (unpaired) electrons. The molecule has 1 fully saturated rings. The zero-order valence-electron chi connectivity index (χ0n) is 8.37. The molecule has 1 atom stereocenters. The predicted octanol–water partition coefficient (Wildman–Crippen LogP) is 0.557. The quantitative estimate of drug-likeness (QED) is 0.604. The van der Waals surface area contributed by atoms with Crippen LogP contribution in [0.2, 0.25) is 0 Å². The molecule has 1 heterocycles. The standard InChI is InChI=1S/C9H18N2O/c1-7(2)11(4)9(12)8-5-6-10(8)3/h7-8H,5-6H2,1-4H3. The van der Waals surface area contributed by atoms with E-state index in [1.54, 1.807) is 0 Å². The minimum atomic E-state index is 0.150. The van der Waals surface area contributed by atoms with Crippen molar-refractivity contribution in [1.29, 1.82) is 0 Å². The average molecular weight is 170 g/mol. The molecule has 0 aromatic carbocycles. The summed E-state index contributed by atoms with van der Waals surface area (Å²) in [6.07, 6.45) is 1.02. The molecule has 12 heavy (non-hydrogen) atoms. The lowest BCUT2D eigenvalue weighted by molar-refractivity contribution is -0.140. The van der Waals surface area contributed by atoms with E-state index in [4.69, 9.17) is 0 Å². The van der Waals surface area contributed by atoms with Crippen molar-refractivity contribution in [3.8, 4) is 0 Å². The molecule has 0 spiro atoms. The van der Waals surface area contributed by atoms with E-state index >= 15 is 0 Å². The van der Waals surface area contributed by atoms with E-state index in [-0.39, 0.29) is 11.9 Å². The first-order valence-electron chi connectivity index (χ1n) is 4.51. The van der Waals surface area contributed by atoms with E-state index in [0.29, 0.717) is 6.04 Å². The van der Waals surface area contributed by atoms with E-state index in [9.17, 15) is 4.79 Å². The molecule has 70 valence electrons. The smallest absolute Gasteiger partial charge is 0.239 e. The highest BCUT2D eigenvalue weighted by atomic mass is 16.2. The Morgan fingerprint density at radius 1 is 1.58 bits per heavy atom. The second kappa shape index (κ2) is 3.44. The van der Waals surface area contributed by atoms with Crippen LogP contribution in [0.5, 0.6) is 0 Å². The van der Waals surface area contributed by atoms with Gasteiger partial charge in [-0.05, 0) is 27.3 Å². The topological polar surface area (TPSA) is 23.6 Å². The molecule has 1 aliphatic rings. The van der Waals surface area contributed by atoms with Crippen LogP contribution >= 0.6 is 0 Å². The summed E-state index contributed by atoms with van der Waals surface area (Å²) in [5.41, 5.74) is 0. The minimum Gasteiger partial charge on any atom is -0.342 e. The van der Waals surface area contributed by atoms with Crippen LogP contribution in [0.4, 0.5) is 0 Å². The number of nitrogens with zero attached hydrogens (tertiary/aromatic N) is 2. The normalized spacial score (nSPS) is 23.9. The van der Waals surface area contributed by atoms with Crippen LogP contribution in [0.3, 0.4) is 0 Å². The lowest BCUT2D eigenvalue weighted by atomic mass is 10.0. The Kier molecular flexibility index (Phi) is 2.73. The second-order valence-corrected chi connectivity index (χ2v) is 3.83. The minimum absolute atomic E-state index is 0.150. The van der Waals surface area contributed by atoms with Crippen LogP contribution in [-0.2, 0) is 4.79 Å². The van der Waals surface area contributed by atoms with E-state index in [1.807, 2.05) is 32.8 Å². The van der Waals surface area contributed by atoms with Gasteiger partial charge in [0, 0.05) is 19.6 Å². The average Bonchev–Trinajstić information content (AvgIpc) is 2.00. The molecule has 0 aliphatic carbocycles. The summed E-state index contributed by atoms with van der Waals surface area (Å²) < 4.78 is 0. The number of amides is 1. The fourth-order valence-electron chi connectivity index (χ4n) is 1.32. The number of carbonyl (C=O) groups excluding carboxylic acids is 1. The number of hydrogen-bond donors (Lipinski definition) is 0. The Morgan fingerprint density at radius 2 is 2.17 bits per heavy atom. The number of likely N-dealkylation sites (tertiary alicyclic amines) is 1. The van der Waals surface area contributed by atoms with Crippen molar-refractivity contribution in [1.82, 2.24) is 9.80 Å². The molecule has 1 rings (SSSR count). The molecule has 1 amide bonds. The maximum absolute atomic E-state index is 11.7. The molecule has 0 saturated carbocycles. The second-order valence-electron chi connectivity index (χ2n) is 3.83. The van der Waals surface area contributed by atoms with Crippen LogP contribution in [0, 0.1) is 0 Å². The molecular formula is C9H18N2O. The van der Waals surface area contributed by atoms with Crippen molar-refractivity contribution in [3.05, 3.63) is 0 Å². The highest BCUT2D eigenvalue weighted by Gasteiger charge is 2.33. The van der Waals surface area contributed by atoms with Crippen molar-refractivity contribution >= 4 is 5.91 Å². The monoisotopic (exact) mass is 170 g/mol. The Labute approximate surface area is 74.3 Å². The van der Waals surface area contributed by atoms with Crippen molar-refractivity contribution in [2.45, 2.75) is 32.4 Å². The first kappa shape index (κ1) is 9.52. The van der Waals surface area contributed by atoms with Crippen LogP contribution in [0.15, 0.2) is 0 Å². The molecule has 1 aliphatic heterocycles. The third kappa shape index (κ3) is 1.61. The number of likely N-dealkylation sites (N-methyl/N-ethyl adjacent to an activating group) is 2. The summed E-state index contributed by atoms with van der Waals surface area (Å²) in [6.45, 7) is 5.13. The lowest BCUT2D eigenvalue weighted by Gasteiger charge is -2.39. The molecule has 0 bridgehead atoms. The van der Waals surface area contributed by atoms with E-state index in [2.05, 4.69) is 4.90 Å². The Bertz CT molecular complexity index is 171. The molecule has 3 heteroatoms. The van der Waals surface area contributed by atoms with Crippen LogP contribution in [0.1, 0.15) is 20.3 Å². The summed E-state index contributed by atoms with van der Waals surface area (Å²) in [5.74, 6) is 0.263. The molecular weight excluding hydrogens is 152 g/mol. The zero-order chi connectivity index (χ0) is 9.30. The van der Waals surface area contributed by atoms with Gasteiger partial charge in [-0.15, -0.1) is 0 Å². The third-order valence-electron chi connectivity index (χ3n) is 2.69. The Hall–Kier alpha value is -0.570. The first-order chi connectivity index (χ1) is 5.54. The molecule has 0 aromatic heterocycles. The fraction of sp³-hybridized carbons (Fsp3) is 0.889. The largest absolute Gasteiger partial charge is 0.342 e.